The van der Waals surface area contributed by atoms with E-state index in [9.17, 15) is 14.4 Å². The number of carbonyl (C=O) groups is 3. The van der Waals surface area contributed by atoms with Gasteiger partial charge in [-0.05, 0) is 24.5 Å². The number of anilines is 1. The Labute approximate surface area is 146 Å². The van der Waals surface area contributed by atoms with Crippen LogP contribution in [0.2, 0.25) is 0 Å². The second-order valence-electron chi connectivity index (χ2n) is 6.66. The van der Waals surface area contributed by atoms with Crippen LogP contribution in [0.1, 0.15) is 19.8 Å². The molecule has 134 valence electrons. The van der Waals surface area contributed by atoms with Crippen molar-refractivity contribution < 1.29 is 24.2 Å². The average Bonchev–Trinajstić information content (AvgIpc) is 3.18. The predicted molar refractivity (Wildman–Crippen MR) is 90.4 cm³/mol. The lowest BCUT2D eigenvalue weighted by atomic mass is 9.99. The summed E-state index contributed by atoms with van der Waals surface area (Å²) in [5, 5.41) is 9.15. The van der Waals surface area contributed by atoms with Gasteiger partial charge in [0.05, 0.1) is 5.92 Å². The number of hydrogen-bond acceptors (Lipinski definition) is 4. The van der Waals surface area contributed by atoms with Gasteiger partial charge in [-0.1, -0.05) is 13.0 Å². The number of hydrogen-bond donors (Lipinski definition) is 1. The summed E-state index contributed by atoms with van der Waals surface area (Å²) >= 11 is 0. The van der Waals surface area contributed by atoms with Crippen molar-refractivity contribution in [2.24, 2.45) is 11.8 Å². The lowest BCUT2D eigenvalue weighted by molar-refractivity contribution is -0.142. The summed E-state index contributed by atoms with van der Waals surface area (Å²) in [5.74, 6) is -1.06. The minimum absolute atomic E-state index is 0.0639. The van der Waals surface area contributed by atoms with Crippen molar-refractivity contribution in [2.45, 2.75) is 19.8 Å². The first kappa shape index (κ1) is 17.3. The normalized spacial score (nSPS) is 23.2. The van der Waals surface area contributed by atoms with Gasteiger partial charge >= 0.3 is 5.97 Å². The van der Waals surface area contributed by atoms with E-state index in [-0.39, 0.29) is 30.9 Å². The fourth-order valence-corrected chi connectivity index (χ4v) is 3.39. The number of carbonyl (C=O) groups excluding carboxylic acids is 2. The molecule has 0 bridgehead atoms. The Morgan fingerprint density at radius 3 is 2.76 bits per heavy atom. The van der Waals surface area contributed by atoms with Crippen molar-refractivity contribution in [3.63, 3.8) is 0 Å². The molecule has 7 heteroatoms. The van der Waals surface area contributed by atoms with Crippen molar-refractivity contribution in [1.29, 1.82) is 0 Å². The van der Waals surface area contributed by atoms with Gasteiger partial charge in [0, 0.05) is 37.8 Å². The highest BCUT2D eigenvalue weighted by atomic mass is 16.5. The molecule has 0 aromatic heterocycles. The number of likely N-dealkylation sites (tertiary alicyclic amines) is 1. The molecule has 2 saturated heterocycles. The number of carboxylic acids is 1. The predicted octanol–water partition coefficient (Wildman–Crippen LogP) is 1.37. The Kier molecular flexibility index (Phi) is 4.92. The second-order valence-corrected chi connectivity index (χ2v) is 6.66. The molecule has 1 aromatic carbocycles. The van der Waals surface area contributed by atoms with E-state index in [1.165, 1.54) is 4.90 Å². The van der Waals surface area contributed by atoms with Gasteiger partial charge in [-0.25, -0.2) is 0 Å². The van der Waals surface area contributed by atoms with Gasteiger partial charge in [0.2, 0.25) is 5.91 Å². The molecular formula is C18H22N2O5. The summed E-state index contributed by atoms with van der Waals surface area (Å²) in [6, 6.07) is 7.13. The number of nitrogens with zero attached hydrogens (tertiary/aromatic N) is 2. The van der Waals surface area contributed by atoms with Crippen molar-refractivity contribution in [3.05, 3.63) is 24.3 Å². The molecule has 0 unspecified atom stereocenters. The van der Waals surface area contributed by atoms with Crippen LogP contribution in [0.15, 0.2) is 24.3 Å². The van der Waals surface area contributed by atoms with Gasteiger partial charge in [-0.2, -0.15) is 0 Å². The van der Waals surface area contributed by atoms with Crippen LogP contribution >= 0.6 is 0 Å². The lowest BCUT2D eigenvalue weighted by Crippen LogP contribution is -2.33. The quantitative estimate of drug-likeness (QED) is 0.870. The maximum atomic E-state index is 12.3. The second kappa shape index (κ2) is 7.13. The zero-order valence-electron chi connectivity index (χ0n) is 14.2. The number of amides is 2. The molecule has 25 heavy (non-hydrogen) atoms. The van der Waals surface area contributed by atoms with Crippen LogP contribution in [0, 0.1) is 11.8 Å². The van der Waals surface area contributed by atoms with Gasteiger partial charge in [-0.15, -0.1) is 0 Å². The van der Waals surface area contributed by atoms with E-state index in [0.717, 1.165) is 12.1 Å². The zero-order chi connectivity index (χ0) is 18.0. The first-order chi connectivity index (χ1) is 12.0. The molecule has 0 spiro atoms. The topological polar surface area (TPSA) is 87.2 Å². The molecular weight excluding hydrogens is 324 g/mol. The van der Waals surface area contributed by atoms with E-state index in [0.29, 0.717) is 25.3 Å². The third kappa shape index (κ3) is 3.75. The molecule has 0 radical (unpaired) electrons. The maximum Gasteiger partial charge on any atom is 0.308 e. The number of carboxylic acid groups (broad SMARTS) is 1. The van der Waals surface area contributed by atoms with E-state index in [1.807, 2.05) is 13.0 Å². The molecule has 1 aromatic rings. The molecule has 2 aliphatic rings. The molecule has 2 heterocycles. The highest BCUT2D eigenvalue weighted by Crippen LogP contribution is 2.26. The number of ether oxygens (including phenoxy) is 1. The van der Waals surface area contributed by atoms with Gasteiger partial charge in [0.25, 0.3) is 5.91 Å². The van der Waals surface area contributed by atoms with E-state index in [1.54, 1.807) is 23.1 Å². The smallest absolute Gasteiger partial charge is 0.308 e. The molecule has 2 atom stereocenters. The first-order valence-corrected chi connectivity index (χ1v) is 8.49. The third-order valence-corrected chi connectivity index (χ3v) is 4.85. The third-order valence-electron chi connectivity index (χ3n) is 4.85. The molecule has 2 fully saturated rings. The van der Waals surface area contributed by atoms with Crippen molar-refractivity contribution in [1.82, 2.24) is 4.90 Å². The van der Waals surface area contributed by atoms with E-state index in [4.69, 9.17) is 9.84 Å². The van der Waals surface area contributed by atoms with Gasteiger partial charge in [0.15, 0.2) is 6.61 Å². The van der Waals surface area contributed by atoms with Crippen LogP contribution in [0.5, 0.6) is 5.75 Å². The zero-order valence-corrected chi connectivity index (χ0v) is 14.2. The van der Waals surface area contributed by atoms with Crippen LogP contribution in [0.4, 0.5) is 5.69 Å². The lowest BCUT2D eigenvalue weighted by Gasteiger charge is -2.18. The highest BCUT2D eigenvalue weighted by Gasteiger charge is 2.36. The Balaban J connectivity index is 1.58. The molecule has 2 aliphatic heterocycles. The highest BCUT2D eigenvalue weighted by molar-refractivity contribution is 5.95. The van der Waals surface area contributed by atoms with Crippen molar-refractivity contribution in [3.8, 4) is 5.75 Å². The van der Waals surface area contributed by atoms with E-state index >= 15 is 0 Å². The summed E-state index contributed by atoms with van der Waals surface area (Å²) in [6.07, 6.45) is 1.40. The molecule has 3 rings (SSSR count). The van der Waals surface area contributed by atoms with Crippen LogP contribution in [0.25, 0.3) is 0 Å². The summed E-state index contributed by atoms with van der Waals surface area (Å²) in [4.78, 5) is 38.5. The minimum Gasteiger partial charge on any atom is -0.484 e. The van der Waals surface area contributed by atoms with Crippen molar-refractivity contribution in [2.75, 3.05) is 31.1 Å². The fourth-order valence-electron chi connectivity index (χ4n) is 3.39. The summed E-state index contributed by atoms with van der Waals surface area (Å²) in [5.41, 5.74) is 0.771. The van der Waals surface area contributed by atoms with Crippen molar-refractivity contribution >= 4 is 23.5 Å². The van der Waals surface area contributed by atoms with E-state index in [2.05, 4.69) is 0 Å². The molecule has 1 N–H and O–H groups in total. The SMILES string of the molecule is C[C@@H]1CN(C(=O)COc2cccc(N3CCCC3=O)c2)C[C@H]1C(=O)O. The number of benzene rings is 1. The molecule has 0 saturated carbocycles. The molecule has 7 nitrogen and oxygen atoms in total. The van der Waals surface area contributed by atoms with Gasteiger partial charge < -0.3 is 19.6 Å². The van der Waals surface area contributed by atoms with Gasteiger partial charge in [0.1, 0.15) is 5.75 Å². The Hall–Kier alpha value is -2.57. The van der Waals surface area contributed by atoms with Crippen LogP contribution in [0.3, 0.4) is 0 Å². The standard InChI is InChI=1S/C18H22N2O5/c1-12-9-19(10-15(12)18(23)24)17(22)11-25-14-5-2-4-13(8-14)20-7-3-6-16(20)21/h2,4-5,8,12,15H,3,6-7,9-11H2,1H3,(H,23,24)/t12-,15-/m1/s1. The summed E-state index contributed by atoms with van der Waals surface area (Å²) in [7, 11) is 0. The van der Waals surface area contributed by atoms with Crippen LogP contribution in [-0.2, 0) is 14.4 Å². The molecule has 0 aliphatic carbocycles. The largest absolute Gasteiger partial charge is 0.484 e. The molecule has 2 amide bonds. The average molecular weight is 346 g/mol. The maximum absolute atomic E-state index is 12.3. The number of rotatable bonds is 5. The van der Waals surface area contributed by atoms with Crippen LogP contribution < -0.4 is 9.64 Å². The monoisotopic (exact) mass is 346 g/mol. The Morgan fingerprint density at radius 2 is 2.12 bits per heavy atom. The summed E-state index contributed by atoms with van der Waals surface area (Å²) < 4.78 is 5.57. The summed E-state index contributed by atoms with van der Waals surface area (Å²) in [6.45, 7) is 3.05. The fraction of sp³-hybridized carbons (Fsp3) is 0.500. The Morgan fingerprint density at radius 1 is 1.32 bits per heavy atom. The van der Waals surface area contributed by atoms with Crippen LogP contribution in [-0.4, -0.2) is 54.0 Å². The Bertz CT molecular complexity index is 690. The van der Waals surface area contributed by atoms with E-state index < -0.39 is 11.9 Å². The minimum atomic E-state index is -0.869. The number of aliphatic carboxylic acids is 1. The van der Waals surface area contributed by atoms with Gasteiger partial charge in [-0.3, -0.25) is 14.4 Å². The first-order valence-electron chi connectivity index (χ1n) is 8.49.